The minimum absolute atomic E-state index is 0.428. The normalized spacial score (nSPS) is 10.7. The third kappa shape index (κ3) is 5.86. The van der Waals surface area contributed by atoms with Crippen LogP contribution in [0.15, 0.2) is 115 Å². The number of methoxy groups -OCH3 is 2. The van der Waals surface area contributed by atoms with Crippen molar-refractivity contribution in [1.82, 2.24) is 24.9 Å². The van der Waals surface area contributed by atoms with E-state index in [1.54, 1.807) is 20.3 Å². The Kier molecular flexibility index (Phi) is 7.27. The second-order valence-electron chi connectivity index (χ2n) is 8.97. The first-order chi connectivity index (χ1) is 20.2. The molecule has 6 rings (SSSR count). The summed E-state index contributed by atoms with van der Waals surface area (Å²) in [5.41, 5.74) is 3.51. The molecular weight excluding hydrogens is 514 g/mol. The minimum Gasteiger partial charge on any atom is -0.481 e. The molecule has 0 saturated carbocycles. The van der Waals surface area contributed by atoms with Crippen molar-refractivity contribution in [2.24, 2.45) is 0 Å². The molecule has 0 N–H and O–H groups in total. The molecule has 0 radical (unpaired) electrons. The van der Waals surface area contributed by atoms with E-state index >= 15 is 0 Å². The third-order valence-corrected chi connectivity index (χ3v) is 6.26. The fraction of sp³-hybridized carbons (Fsp3) is 0.0606. The Balaban J connectivity index is 1.25. The van der Waals surface area contributed by atoms with Crippen molar-refractivity contribution in [2.45, 2.75) is 0 Å². The molecule has 200 valence electrons. The lowest BCUT2D eigenvalue weighted by molar-refractivity contribution is 0.372. The highest BCUT2D eigenvalue weighted by Crippen LogP contribution is 2.29. The van der Waals surface area contributed by atoms with E-state index in [0.29, 0.717) is 46.6 Å². The zero-order chi connectivity index (χ0) is 28.0. The molecule has 0 saturated heterocycles. The van der Waals surface area contributed by atoms with E-state index in [0.717, 1.165) is 22.3 Å². The van der Waals surface area contributed by atoms with Gasteiger partial charge in [0.05, 0.1) is 20.3 Å². The zero-order valence-corrected chi connectivity index (χ0v) is 22.4. The van der Waals surface area contributed by atoms with Gasteiger partial charge in [0.1, 0.15) is 11.5 Å². The number of hydrogen-bond acceptors (Lipinski definition) is 8. The molecule has 0 aliphatic rings. The quantitative estimate of drug-likeness (QED) is 0.202. The van der Waals surface area contributed by atoms with Crippen molar-refractivity contribution in [1.29, 1.82) is 0 Å². The summed E-state index contributed by atoms with van der Waals surface area (Å²) in [7, 11) is 3.11. The van der Waals surface area contributed by atoms with Gasteiger partial charge >= 0.3 is 0 Å². The van der Waals surface area contributed by atoms with E-state index in [2.05, 4.69) is 9.97 Å². The van der Waals surface area contributed by atoms with Gasteiger partial charge in [0.25, 0.3) is 0 Å². The fourth-order valence-electron chi connectivity index (χ4n) is 4.16. The second kappa shape index (κ2) is 11.6. The molecule has 0 aliphatic heterocycles. The molecule has 4 aromatic carbocycles. The molecule has 0 unspecified atom stereocenters. The Morgan fingerprint density at radius 2 is 0.732 bits per heavy atom. The summed E-state index contributed by atoms with van der Waals surface area (Å²) in [6, 6.07) is 36.6. The van der Waals surface area contributed by atoms with Crippen molar-refractivity contribution in [3.8, 4) is 68.8 Å². The molecule has 0 aliphatic carbocycles. The van der Waals surface area contributed by atoms with Crippen LogP contribution < -0.4 is 14.2 Å². The zero-order valence-electron chi connectivity index (χ0n) is 22.4. The molecule has 8 nitrogen and oxygen atoms in total. The predicted octanol–water partition coefficient (Wildman–Crippen LogP) is 7.14. The topological polar surface area (TPSA) is 92.1 Å². The highest BCUT2D eigenvalue weighted by atomic mass is 16.5. The van der Waals surface area contributed by atoms with Crippen molar-refractivity contribution in [2.75, 3.05) is 14.2 Å². The molecule has 0 atom stereocenters. The van der Waals surface area contributed by atoms with Crippen molar-refractivity contribution >= 4 is 0 Å². The summed E-state index contributed by atoms with van der Waals surface area (Å²) in [6.07, 6.45) is 0. The standard InChI is InChI=1S/C33H25N5O3/c1-39-28-21-29(40-2)35-30(34-28)24-13-17-26(18-14-24)41-27-19-15-25(16-20-27)33-37-31(22-9-5-3-6-10-22)36-32(38-33)23-11-7-4-8-12-23/h3-21H,1-2H3. The Morgan fingerprint density at radius 3 is 1.10 bits per heavy atom. The molecule has 0 fully saturated rings. The van der Waals surface area contributed by atoms with Crippen molar-refractivity contribution in [3.05, 3.63) is 115 Å². The SMILES string of the molecule is COc1cc(OC)nc(-c2ccc(Oc3ccc(-c4nc(-c5ccccc5)nc(-c5ccccc5)n4)cc3)cc2)n1. The van der Waals surface area contributed by atoms with Gasteiger partial charge in [-0.15, -0.1) is 0 Å². The predicted molar refractivity (Wildman–Crippen MR) is 157 cm³/mol. The van der Waals surface area contributed by atoms with Crippen molar-refractivity contribution < 1.29 is 14.2 Å². The third-order valence-electron chi connectivity index (χ3n) is 6.26. The monoisotopic (exact) mass is 539 g/mol. The van der Waals surface area contributed by atoms with Crippen LogP contribution in [-0.2, 0) is 0 Å². The van der Waals surface area contributed by atoms with E-state index in [1.807, 2.05) is 109 Å². The van der Waals surface area contributed by atoms with E-state index in [-0.39, 0.29) is 0 Å². The van der Waals surface area contributed by atoms with E-state index in [4.69, 9.17) is 29.2 Å². The summed E-state index contributed by atoms with van der Waals surface area (Å²) in [5, 5.41) is 0. The number of benzene rings is 4. The Bertz CT molecular complexity index is 1680. The smallest absolute Gasteiger partial charge is 0.220 e. The van der Waals surface area contributed by atoms with E-state index in [9.17, 15) is 0 Å². The molecule has 41 heavy (non-hydrogen) atoms. The average Bonchev–Trinajstić information content (AvgIpc) is 3.06. The average molecular weight is 540 g/mol. The van der Waals surface area contributed by atoms with Crippen LogP contribution in [-0.4, -0.2) is 39.1 Å². The molecule has 6 aromatic rings. The van der Waals surface area contributed by atoms with E-state index in [1.165, 1.54) is 0 Å². The maximum atomic E-state index is 6.09. The maximum Gasteiger partial charge on any atom is 0.220 e. The molecule has 2 heterocycles. The summed E-state index contributed by atoms with van der Waals surface area (Å²) >= 11 is 0. The summed E-state index contributed by atoms with van der Waals surface area (Å²) in [6.45, 7) is 0. The number of ether oxygens (including phenoxy) is 3. The maximum absolute atomic E-state index is 6.09. The molecule has 0 bridgehead atoms. The Morgan fingerprint density at radius 1 is 0.390 bits per heavy atom. The molecule has 0 amide bonds. The van der Waals surface area contributed by atoms with Crippen LogP contribution in [0.1, 0.15) is 0 Å². The highest BCUT2D eigenvalue weighted by molar-refractivity contribution is 5.66. The van der Waals surface area contributed by atoms with Gasteiger partial charge < -0.3 is 14.2 Å². The second-order valence-corrected chi connectivity index (χ2v) is 8.97. The van der Waals surface area contributed by atoms with Gasteiger partial charge in [-0.1, -0.05) is 60.7 Å². The first-order valence-corrected chi connectivity index (χ1v) is 12.9. The lowest BCUT2D eigenvalue weighted by atomic mass is 10.1. The van der Waals surface area contributed by atoms with Gasteiger partial charge in [-0.05, 0) is 48.5 Å². The van der Waals surface area contributed by atoms with Gasteiger partial charge in [-0.25, -0.2) is 15.0 Å². The van der Waals surface area contributed by atoms with Crippen LogP contribution in [0.2, 0.25) is 0 Å². The lowest BCUT2D eigenvalue weighted by Gasteiger charge is -2.10. The molecule has 0 spiro atoms. The van der Waals surface area contributed by atoms with Crippen LogP contribution >= 0.6 is 0 Å². The molecule has 8 heteroatoms. The first kappa shape index (κ1) is 25.6. The van der Waals surface area contributed by atoms with Crippen LogP contribution in [0.4, 0.5) is 0 Å². The van der Waals surface area contributed by atoms with Crippen LogP contribution in [0.5, 0.6) is 23.3 Å². The minimum atomic E-state index is 0.428. The van der Waals surface area contributed by atoms with E-state index < -0.39 is 0 Å². The first-order valence-electron chi connectivity index (χ1n) is 12.9. The summed E-state index contributed by atoms with van der Waals surface area (Å²) in [4.78, 5) is 23.1. The van der Waals surface area contributed by atoms with Gasteiger partial charge in [0.2, 0.25) is 11.8 Å². The Hall–Kier alpha value is -5.63. The summed E-state index contributed by atoms with van der Waals surface area (Å²) in [5.74, 6) is 4.53. The highest BCUT2D eigenvalue weighted by Gasteiger charge is 2.13. The largest absolute Gasteiger partial charge is 0.481 e. The molecule has 2 aromatic heterocycles. The van der Waals surface area contributed by atoms with Crippen LogP contribution in [0.3, 0.4) is 0 Å². The van der Waals surface area contributed by atoms with Crippen LogP contribution in [0, 0.1) is 0 Å². The number of rotatable bonds is 8. The summed E-state index contributed by atoms with van der Waals surface area (Å²) < 4.78 is 16.6. The van der Waals surface area contributed by atoms with Gasteiger partial charge in [0, 0.05) is 22.3 Å². The van der Waals surface area contributed by atoms with Gasteiger partial charge in [-0.2, -0.15) is 9.97 Å². The molecular formula is C33H25N5O3. The number of nitrogens with zero attached hydrogens (tertiary/aromatic N) is 5. The number of hydrogen-bond donors (Lipinski definition) is 0. The van der Waals surface area contributed by atoms with Crippen LogP contribution in [0.25, 0.3) is 45.6 Å². The lowest BCUT2D eigenvalue weighted by Crippen LogP contribution is -2.00. The van der Waals surface area contributed by atoms with Crippen molar-refractivity contribution in [3.63, 3.8) is 0 Å². The fourth-order valence-corrected chi connectivity index (χ4v) is 4.16. The number of aromatic nitrogens is 5. The van der Waals surface area contributed by atoms with Gasteiger partial charge in [0.15, 0.2) is 23.3 Å². The van der Waals surface area contributed by atoms with Gasteiger partial charge in [-0.3, -0.25) is 0 Å². The Labute approximate surface area is 237 Å².